The van der Waals surface area contributed by atoms with Crippen LogP contribution in [0.5, 0.6) is 23.0 Å². The van der Waals surface area contributed by atoms with Crippen LogP contribution in [0.25, 0.3) is 0 Å². The van der Waals surface area contributed by atoms with Crippen molar-refractivity contribution in [2.75, 3.05) is 48.1 Å². The number of carbonyl (C=O) groups excluding carboxylic acids is 1. The Morgan fingerprint density at radius 3 is 2.12 bits per heavy atom. The monoisotopic (exact) mass is 658 g/mol. The minimum atomic E-state index is -0.896. The van der Waals surface area contributed by atoms with Crippen LogP contribution in [0.4, 0.5) is 4.79 Å². The molecule has 1 saturated carbocycles. The van der Waals surface area contributed by atoms with E-state index in [1.165, 1.54) is 0 Å². The Morgan fingerprint density at radius 1 is 0.854 bits per heavy atom. The number of hydrogen-bond donors (Lipinski definition) is 1. The number of carboxylic acid groups (broad SMARTS) is 1. The van der Waals surface area contributed by atoms with Gasteiger partial charge in [0.15, 0.2) is 23.0 Å². The minimum absolute atomic E-state index is 0.137. The first-order valence-electron chi connectivity index (χ1n) is 16.7. The zero-order valence-electron chi connectivity index (χ0n) is 28.5. The van der Waals surface area contributed by atoms with Gasteiger partial charge < -0.3 is 28.8 Å². The average Bonchev–Trinajstić information content (AvgIpc) is 3.12. The van der Waals surface area contributed by atoms with E-state index >= 15 is 0 Å². The quantitative estimate of drug-likeness (QED) is 0.286. The molecule has 4 atom stereocenters. The standard InChI is InChI=1S/C38H46N2O8/c1-6-39-16-13-25-19-31(44-2)33(46-4)21-28(25)35(39)30-18-27(36(41)42)12-15-38(30)29-22-34(47-5)32(45-3)20-26(29)14-17-40(38)37(43)48-23-24-10-8-7-9-11-24/h7-11,19-22,27,30,35H,6,12-18,23H2,1-5H3,(H,41,42). The smallest absolute Gasteiger partial charge is 0.410 e. The van der Waals surface area contributed by atoms with Crippen LogP contribution in [0.3, 0.4) is 0 Å². The zero-order valence-corrected chi connectivity index (χ0v) is 28.5. The minimum Gasteiger partial charge on any atom is -0.493 e. The fourth-order valence-electron chi connectivity index (χ4n) is 8.50. The van der Waals surface area contributed by atoms with E-state index in [1.54, 1.807) is 28.4 Å². The molecule has 0 radical (unpaired) electrons. The van der Waals surface area contributed by atoms with Crippen LogP contribution in [0.15, 0.2) is 54.6 Å². The maximum atomic E-state index is 14.4. The largest absolute Gasteiger partial charge is 0.493 e. The molecule has 1 spiro atoms. The highest BCUT2D eigenvalue weighted by atomic mass is 16.6. The molecule has 2 heterocycles. The van der Waals surface area contributed by atoms with Crippen molar-refractivity contribution in [3.8, 4) is 23.0 Å². The molecule has 0 bridgehead atoms. The number of aliphatic carboxylic acids is 1. The second kappa shape index (κ2) is 14.0. The first kappa shape index (κ1) is 33.5. The van der Waals surface area contributed by atoms with Crippen molar-refractivity contribution >= 4 is 12.1 Å². The van der Waals surface area contributed by atoms with Gasteiger partial charge in [-0.1, -0.05) is 37.3 Å². The van der Waals surface area contributed by atoms with Crippen LogP contribution >= 0.6 is 0 Å². The van der Waals surface area contributed by atoms with E-state index in [4.69, 9.17) is 23.7 Å². The van der Waals surface area contributed by atoms with Gasteiger partial charge in [0.05, 0.1) is 39.9 Å². The summed E-state index contributed by atoms with van der Waals surface area (Å²) in [6, 6.07) is 17.6. The maximum Gasteiger partial charge on any atom is 0.410 e. The first-order chi connectivity index (χ1) is 23.3. The third kappa shape index (κ3) is 5.80. The Balaban J connectivity index is 1.57. The van der Waals surface area contributed by atoms with Gasteiger partial charge in [-0.05, 0) is 90.7 Å². The summed E-state index contributed by atoms with van der Waals surface area (Å²) in [5.41, 5.74) is 4.23. The second-order valence-electron chi connectivity index (χ2n) is 12.9. The molecule has 10 heteroatoms. The Kier molecular flexibility index (Phi) is 9.73. The molecule has 4 unspecified atom stereocenters. The molecule has 1 fully saturated rings. The van der Waals surface area contributed by atoms with Crippen LogP contribution in [0.2, 0.25) is 0 Å². The van der Waals surface area contributed by atoms with Crippen LogP contribution in [-0.4, -0.2) is 75.0 Å². The number of nitrogens with zero attached hydrogens (tertiary/aromatic N) is 2. The highest BCUT2D eigenvalue weighted by molar-refractivity contribution is 5.73. The lowest BCUT2D eigenvalue weighted by molar-refractivity contribution is -0.147. The number of ether oxygens (including phenoxy) is 5. The summed E-state index contributed by atoms with van der Waals surface area (Å²) in [5, 5.41) is 10.4. The molecule has 0 aromatic heterocycles. The van der Waals surface area contributed by atoms with Crippen LogP contribution in [0, 0.1) is 11.8 Å². The number of rotatable bonds is 9. The molecule has 0 saturated heterocycles. The number of carbonyl (C=O) groups is 2. The van der Waals surface area contributed by atoms with Crippen LogP contribution in [-0.2, 0) is 34.5 Å². The lowest BCUT2D eigenvalue weighted by atomic mass is 9.58. The van der Waals surface area contributed by atoms with Gasteiger partial charge in [-0.25, -0.2) is 4.79 Å². The molecule has 3 aromatic rings. The number of methoxy groups -OCH3 is 4. The van der Waals surface area contributed by atoms with Gasteiger partial charge >= 0.3 is 12.1 Å². The lowest BCUT2D eigenvalue weighted by Crippen LogP contribution is -2.62. The number of carboxylic acids is 1. The SMILES string of the molecule is CCN1CCc2cc(OC)c(OC)cc2C1C1CC(C(=O)O)CCC12c1cc(OC)c(OC)cc1CCN2C(=O)OCc1ccccc1. The number of fused-ring (bicyclic) bond motifs is 3. The Bertz CT molecular complexity index is 1650. The summed E-state index contributed by atoms with van der Waals surface area (Å²) in [6.45, 7) is 4.22. The van der Waals surface area contributed by atoms with Crippen molar-refractivity contribution in [2.24, 2.45) is 11.8 Å². The molecule has 3 aromatic carbocycles. The van der Waals surface area contributed by atoms with Gasteiger partial charge in [0, 0.05) is 25.0 Å². The van der Waals surface area contributed by atoms with Crippen molar-refractivity contribution in [1.29, 1.82) is 0 Å². The Hall–Kier alpha value is -4.44. The van der Waals surface area contributed by atoms with Crippen molar-refractivity contribution in [2.45, 2.75) is 57.2 Å². The highest BCUT2D eigenvalue weighted by Crippen LogP contribution is 2.59. The molecular weight excluding hydrogens is 612 g/mol. The molecule has 256 valence electrons. The van der Waals surface area contributed by atoms with E-state index in [1.807, 2.05) is 53.4 Å². The lowest BCUT2D eigenvalue weighted by Gasteiger charge is -2.58. The van der Waals surface area contributed by atoms with E-state index in [-0.39, 0.29) is 18.6 Å². The van der Waals surface area contributed by atoms with E-state index in [0.29, 0.717) is 55.2 Å². The van der Waals surface area contributed by atoms with Gasteiger partial charge in [-0.2, -0.15) is 0 Å². The average molecular weight is 659 g/mol. The molecule has 1 aliphatic carbocycles. The van der Waals surface area contributed by atoms with E-state index < -0.39 is 23.5 Å². The maximum absolute atomic E-state index is 14.4. The topological polar surface area (TPSA) is 107 Å². The number of amides is 1. The van der Waals surface area contributed by atoms with E-state index in [9.17, 15) is 14.7 Å². The molecule has 1 amide bonds. The van der Waals surface area contributed by atoms with Crippen molar-refractivity contribution in [1.82, 2.24) is 9.80 Å². The van der Waals surface area contributed by atoms with E-state index in [0.717, 1.165) is 47.3 Å². The third-order valence-electron chi connectivity index (χ3n) is 10.8. The van der Waals surface area contributed by atoms with Gasteiger partial charge in [0.2, 0.25) is 0 Å². The summed E-state index contributed by atoms with van der Waals surface area (Å²) >= 11 is 0. The van der Waals surface area contributed by atoms with Gasteiger partial charge in [-0.3, -0.25) is 14.6 Å². The van der Waals surface area contributed by atoms with Gasteiger partial charge in [0.25, 0.3) is 0 Å². The predicted octanol–water partition coefficient (Wildman–Crippen LogP) is 6.23. The highest BCUT2D eigenvalue weighted by Gasteiger charge is 2.58. The number of hydrogen-bond acceptors (Lipinski definition) is 8. The first-order valence-corrected chi connectivity index (χ1v) is 16.7. The van der Waals surface area contributed by atoms with Crippen molar-refractivity contribution < 1.29 is 38.4 Å². The number of benzene rings is 3. The van der Waals surface area contributed by atoms with Gasteiger partial charge in [-0.15, -0.1) is 0 Å². The molecule has 1 N–H and O–H groups in total. The summed E-state index contributed by atoms with van der Waals surface area (Å²) in [4.78, 5) is 31.5. The summed E-state index contributed by atoms with van der Waals surface area (Å²) in [5.74, 6) is 0.765. The summed E-state index contributed by atoms with van der Waals surface area (Å²) < 4.78 is 29.1. The Labute approximate surface area is 282 Å². The second-order valence-corrected chi connectivity index (χ2v) is 12.9. The molecule has 48 heavy (non-hydrogen) atoms. The predicted molar refractivity (Wildman–Crippen MR) is 180 cm³/mol. The molecule has 6 rings (SSSR count). The normalized spacial score (nSPS) is 23.5. The fourth-order valence-corrected chi connectivity index (χ4v) is 8.50. The van der Waals surface area contributed by atoms with Crippen LogP contribution < -0.4 is 18.9 Å². The molecular formula is C38H46N2O8. The third-order valence-corrected chi connectivity index (χ3v) is 10.8. The van der Waals surface area contributed by atoms with Crippen molar-refractivity contribution in [3.63, 3.8) is 0 Å². The van der Waals surface area contributed by atoms with E-state index in [2.05, 4.69) is 17.9 Å². The van der Waals surface area contributed by atoms with Gasteiger partial charge in [0.1, 0.15) is 6.61 Å². The molecule has 3 aliphatic rings. The van der Waals surface area contributed by atoms with Crippen LogP contribution in [0.1, 0.15) is 60.0 Å². The summed E-state index contributed by atoms with van der Waals surface area (Å²) in [6.07, 6.45) is 2.24. The fraction of sp³-hybridized carbons (Fsp3) is 0.474. The molecule has 2 aliphatic heterocycles. The summed E-state index contributed by atoms with van der Waals surface area (Å²) in [7, 11) is 6.50. The Morgan fingerprint density at radius 2 is 1.48 bits per heavy atom. The van der Waals surface area contributed by atoms with Crippen molar-refractivity contribution in [3.05, 3.63) is 82.4 Å². The molecule has 10 nitrogen and oxygen atoms in total. The number of likely N-dealkylation sites (N-methyl/N-ethyl adjacent to an activating group) is 1. The zero-order chi connectivity index (χ0) is 34.0.